The van der Waals surface area contributed by atoms with E-state index in [0.717, 1.165) is 6.54 Å². The van der Waals surface area contributed by atoms with E-state index in [4.69, 9.17) is 8.85 Å². The highest BCUT2D eigenvalue weighted by atomic mass is 35.5. The number of ether oxygens (including phenoxy) is 1. The standard InChI is InChI=1S/C5H11NO.ClH/c1-5-4-6-2-3-7-5;/h5-6H,2-4H2,1H3;1H/i1D3;. The van der Waals surface area contributed by atoms with E-state index in [9.17, 15) is 0 Å². The molecule has 1 aliphatic heterocycles. The van der Waals surface area contributed by atoms with Crippen molar-refractivity contribution in [3.8, 4) is 0 Å². The maximum atomic E-state index is 6.99. The van der Waals surface area contributed by atoms with Crippen LogP contribution in [0.3, 0.4) is 0 Å². The first-order valence-electron chi connectivity index (χ1n) is 3.93. The third kappa shape index (κ3) is 2.50. The molecule has 0 aromatic carbocycles. The van der Waals surface area contributed by atoms with Crippen LogP contribution >= 0.6 is 12.4 Å². The number of halogens is 1. The van der Waals surface area contributed by atoms with Crippen LogP contribution < -0.4 is 5.32 Å². The average Bonchev–Trinajstić information content (AvgIpc) is 1.88. The molecule has 1 unspecified atom stereocenters. The van der Waals surface area contributed by atoms with Gasteiger partial charge in [-0.3, -0.25) is 0 Å². The molecule has 0 amide bonds. The van der Waals surface area contributed by atoms with Gasteiger partial charge in [0.05, 0.1) is 12.7 Å². The quantitative estimate of drug-likeness (QED) is 0.527. The summed E-state index contributed by atoms with van der Waals surface area (Å²) in [6.45, 7) is -0.264. The van der Waals surface area contributed by atoms with Crippen molar-refractivity contribution >= 4 is 12.4 Å². The number of morpholine rings is 1. The Morgan fingerprint density at radius 1 is 1.88 bits per heavy atom. The van der Waals surface area contributed by atoms with E-state index in [1.54, 1.807) is 0 Å². The Balaban J connectivity index is 0.000001000. The Hall–Kier alpha value is 0.210. The lowest BCUT2D eigenvalue weighted by Crippen LogP contribution is -2.36. The molecule has 0 aromatic heterocycles. The maximum Gasteiger partial charge on any atom is 0.0672 e. The summed E-state index contributed by atoms with van der Waals surface area (Å²) in [6, 6.07) is 0. The Morgan fingerprint density at radius 2 is 2.75 bits per heavy atom. The highest BCUT2D eigenvalue weighted by Crippen LogP contribution is 1.91. The van der Waals surface area contributed by atoms with Gasteiger partial charge in [0.25, 0.3) is 0 Å². The van der Waals surface area contributed by atoms with Gasteiger partial charge in [-0.25, -0.2) is 0 Å². The summed E-state index contributed by atoms with van der Waals surface area (Å²) < 4.78 is 26.0. The fourth-order valence-corrected chi connectivity index (χ4v) is 0.565. The van der Waals surface area contributed by atoms with Crippen LogP contribution in [-0.2, 0) is 4.74 Å². The van der Waals surface area contributed by atoms with Crippen LogP contribution in [0.4, 0.5) is 0 Å². The fraction of sp³-hybridized carbons (Fsp3) is 1.00. The van der Waals surface area contributed by atoms with Crippen LogP contribution in [-0.4, -0.2) is 25.8 Å². The first-order chi connectivity index (χ1) is 4.61. The van der Waals surface area contributed by atoms with Crippen molar-refractivity contribution in [2.24, 2.45) is 0 Å². The van der Waals surface area contributed by atoms with Gasteiger partial charge in [0.1, 0.15) is 0 Å². The zero-order valence-electron chi connectivity index (χ0n) is 7.52. The molecule has 3 heteroatoms. The molecule has 1 N–H and O–H groups in total. The minimum absolute atomic E-state index is 0. The van der Waals surface area contributed by atoms with E-state index in [1.165, 1.54) is 0 Å². The average molecular weight is 141 g/mol. The summed E-state index contributed by atoms with van der Waals surface area (Å²) in [6.07, 6.45) is -0.610. The van der Waals surface area contributed by atoms with Gasteiger partial charge < -0.3 is 10.1 Å². The number of hydrogen-bond acceptors (Lipinski definition) is 2. The summed E-state index contributed by atoms with van der Waals surface area (Å²) in [4.78, 5) is 0. The highest BCUT2D eigenvalue weighted by molar-refractivity contribution is 5.85. The summed E-state index contributed by atoms with van der Waals surface area (Å²) in [5, 5.41) is 2.96. The zero-order chi connectivity index (χ0) is 7.61. The third-order valence-corrected chi connectivity index (χ3v) is 0.928. The van der Waals surface area contributed by atoms with Crippen molar-refractivity contribution in [2.75, 3.05) is 19.7 Å². The molecule has 0 saturated carbocycles. The highest BCUT2D eigenvalue weighted by Gasteiger charge is 2.04. The van der Waals surface area contributed by atoms with Gasteiger partial charge in [0.15, 0.2) is 0 Å². The van der Waals surface area contributed by atoms with Crippen molar-refractivity contribution in [3.63, 3.8) is 0 Å². The van der Waals surface area contributed by atoms with E-state index in [0.29, 0.717) is 13.2 Å². The molecule has 8 heavy (non-hydrogen) atoms. The summed E-state index contributed by atoms with van der Waals surface area (Å²) >= 11 is 0. The van der Waals surface area contributed by atoms with E-state index in [1.807, 2.05) is 0 Å². The lowest BCUT2D eigenvalue weighted by atomic mass is 10.3. The minimum Gasteiger partial charge on any atom is -0.376 e. The van der Waals surface area contributed by atoms with Crippen LogP contribution in [0.2, 0.25) is 0 Å². The summed E-state index contributed by atoms with van der Waals surface area (Å²) in [5.74, 6) is 0. The topological polar surface area (TPSA) is 21.3 Å². The summed E-state index contributed by atoms with van der Waals surface area (Å²) in [5.41, 5.74) is 0. The van der Waals surface area contributed by atoms with Crippen molar-refractivity contribution in [1.29, 1.82) is 0 Å². The van der Waals surface area contributed by atoms with Gasteiger partial charge in [-0.1, -0.05) is 0 Å². The van der Waals surface area contributed by atoms with Gasteiger partial charge in [0.2, 0.25) is 0 Å². The van der Waals surface area contributed by atoms with Crippen LogP contribution in [0, 0.1) is 0 Å². The smallest absolute Gasteiger partial charge is 0.0672 e. The van der Waals surface area contributed by atoms with Crippen LogP contribution in [0.1, 0.15) is 11.0 Å². The predicted octanol–water partition coefficient (Wildman–Crippen LogP) is 0.417. The van der Waals surface area contributed by atoms with E-state index < -0.39 is 13.0 Å². The molecule has 0 radical (unpaired) electrons. The van der Waals surface area contributed by atoms with E-state index in [2.05, 4.69) is 5.32 Å². The minimum atomic E-state index is -1.96. The fourth-order valence-electron chi connectivity index (χ4n) is 0.565. The van der Waals surface area contributed by atoms with Crippen molar-refractivity contribution in [1.82, 2.24) is 5.32 Å². The van der Waals surface area contributed by atoms with Crippen LogP contribution in [0.5, 0.6) is 0 Å². The third-order valence-electron chi connectivity index (χ3n) is 0.928. The lowest BCUT2D eigenvalue weighted by molar-refractivity contribution is 0.0410. The maximum absolute atomic E-state index is 6.99. The SMILES string of the molecule is Cl.[2H]C([2H])([2H])C1CNCCO1. The molecule has 50 valence electrons. The molecule has 0 bridgehead atoms. The number of nitrogens with one attached hydrogen (secondary N) is 1. The molecule has 1 rings (SSSR count). The molecular weight excluding hydrogens is 126 g/mol. The lowest BCUT2D eigenvalue weighted by Gasteiger charge is -2.18. The molecule has 0 spiro atoms. The van der Waals surface area contributed by atoms with Gasteiger partial charge in [-0.2, -0.15) is 0 Å². The largest absolute Gasteiger partial charge is 0.376 e. The first-order valence-corrected chi connectivity index (χ1v) is 2.43. The van der Waals surface area contributed by atoms with Gasteiger partial charge >= 0.3 is 0 Å². The van der Waals surface area contributed by atoms with E-state index in [-0.39, 0.29) is 12.4 Å². The molecule has 1 heterocycles. The Labute approximate surface area is 60.2 Å². The molecule has 0 aromatic rings. The van der Waals surface area contributed by atoms with Crippen molar-refractivity contribution in [2.45, 2.75) is 13.0 Å². The summed E-state index contributed by atoms with van der Waals surface area (Å²) in [7, 11) is 0. The van der Waals surface area contributed by atoms with Gasteiger partial charge in [0, 0.05) is 17.2 Å². The predicted molar refractivity (Wildman–Crippen MR) is 35.5 cm³/mol. The second kappa shape index (κ2) is 4.13. The first kappa shape index (κ1) is 4.09. The zero-order valence-corrected chi connectivity index (χ0v) is 5.33. The molecule has 1 saturated heterocycles. The van der Waals surface area contributed by atoms with Crippen LogP contribution in [0.15, 0.2) is 0 Å². The van der Waals surface area contributed by atoms with Crippen molar-refractivity contribution in [3.05, 3.63) is 0 Å². The normalized spacial score (nSPS) is 36.0. The molecule has 1 atom stereocenters. The molecule has 0 aliphatic carbocycles. The second-order valence-corrected chi connectivity index (χ2v) is 1.56. The van der Waals surface area contributed by atoms with Crippen molar-refractivity contribution < 1.29 is 8.85 Å². The molecule has 1 fully saturated rings. The molecule has 2 nitrogen and oxygen atoms in total. The molecule has 1 aliphatic rings. The van der Waals surface area contributed by atoms with Crippen LogP contribution in [0.25, 0.3) is 0 Å². The Morgan fingerprint density at radius 3 is 3.12 bits per heavy atom. The Kier molecular flexibility index (Phi) is 2.11. The Bertz CT molecular complexity index is 113. The van der Waals surface area contributed by atoms with Gasteiger partial charge in [-0.05, 0) is 6.85 Å². The molecular formula is C5H12ClNO. The number of rotatable bonds is 0. The van der Waals surface area contributed by atoms with Gasteiger partial charge in [-0.15, -0.1) is 12.4 Å². The second-order valence-electron chi connectivity index (χ2n) is 1.56. The van der Waals surface area contributed by atoms with E-state index >= 15 is 0 Å². The number of hydrogen-bond donors (Lipinski definition) is 1. The monoisotopic (exact) mass is 140 g/mol.